The van der Waals surface area contributed by atoms with Gasteiger partial charge in [0.2, 0.25) is 0 Å². The van der Waals surface area contributed by atoms with Crippen LogP contribution >= 0.6 is 11.6 Å². The van der Waals surface area contributed by atoms with Crippen LogP contribution in [-0.2, 0) is 0 Å². The second-order valence-electron chi connectivity index (χ2n) is 6.10. The number of unbranched alkanes of at least 4 members (excludes halogenated alkanes) is 2. The number of amides is 1. The van der Waals surface area contributed by atoms with Crippen LogP contribution in [0.5, 0.6) is 0 Å². The third-order valence-corrected chi connectivity index (χ3v) is 4.71. The molecule has 1 fully saturated rings. The lowest BCUT2D eigenvalue weighted by Gasteiger charge is -2.33. The molecule has 0 bridgehead atoms. The number of hydrogen-bond acceptors (Lipinski definition) is 3. The van der Waals surface area contributed by atoms with Gasteiger partial charge >= 0.3 is 0 Å². The SMILES string of the molecule is CCN1CCN(CCCCCNC(=O)c2ccc(Cl)cc2)CC1. The highest BCUT2D eigenvalue weighted by molar-refractivity contribution is 6.30. The molecule has 5 heteroatoms. The zero-order valence-electron chi connectivity index (χ0n) is 14.1. The lowest BCUT2D eigenvalue weighted by Crippen LogP contribution is -2.46. The van der Waals surface area contributed by atoms with Crippen molar-refractivity contribution in [2.24, 2.45) is 0 Å². The van der Waals surface area contributed by atoms with Crippen LogP contribution in [0.15, 0.2) is 24.3 Å². The molecule has 128 valence electrons. The monoisotopic (exact) mass is 337 g/mol. The standard InChI is InChI=1S/C18H28ClN3O/c1-2-21-12-14-22(15-13-21)11-5-3-4-10-20-18(23)16-6-8-17(19)9-7-16/h6-9H,2-5,10-15H2,1H3,(H,20,23). The van der Waals surface area contributed by atoms with E-state index in [1.54, 1.807) is 24.3 Å². The second-order valence-corrected chi connectivity index (χ2v) is 6.54. The molecule has 4 nitrogen and oxygen atoms in total. The predicted octanol–water partition coefficient (Wildman–Crippen LogP) is 2.88. The van der Waals surface area contributed by atoms with Gasteiger partial charge in [-0.2, -0.15) is 0 Å². The van der Waals surface area contributed by atoms with E-state index in [4.69, 9.17) is 11.6 Å². The van der Waals surface area contributed by atoms with E-state index in [1.165, 1.54) is 45.7 Å². The van der Waals surface area contributed by atoms with Gasteiger partial charge < -0.3 is 15.1 Å². The number of piperazine rings is 1. The van der Waals surface area contributed by atoms with Crippen molar-refractivity contribution in [3.63, 3.8) is 0 Å². The number of benzene rings is 1. The van der Waals surface area contributed by atoms with Gasteiger partial charge in [0.05, 0.1) is 0 Å². The largest absolute Gasteiger partial charge is 0.352 e. The maximum Gasteiger partial charge on any atom is 0.251 e. The van der Waals surface area contributed by atoms with Gasteiger partial charge in [0, 0.05) is 43.3 Å². The molecule has 0 spiro atoms. The van der Waals surface area contributed by atoms with E-state index in [1.807, 2.05) is 0 Å². The molecular formula is C18H28ClN3O. The summed E-state index contributed by atoms with van der Waals surface area (Å²) in [6.45, 7) is 10.1. The van der Waals surface area contributed by atoms with Crippen molar-refractivity contribution >= 4 is 17.5 Å². The molecule has 0 atom stereocenters. The van der Waals surface area contributed by atoms with Crippen LogP contribution in [0.4, 0.5) is 0 Å². The maximum absolute atomic E-state index is 11.9. The first-order chi connectivity index (χ1) is 11.2. The molecule has 1 amide bonds. The Kier molecular flexibility index (Phi) is 7.86. The molecule has 1 aromatic carbocycles. The first-order valence-corrected chi connectivity index (χ1v) is 9.05. The van der Waals surface area contributed by atoms with E-state index in [2.05, 4.69) is 22.0 Å². The second kappa shape index (κ2) is 9.91. The smallest absolute Gasteiger partial charge is 0.251 e. The number of likely N-dealkylation sites (N-methyl/N-ethyl adjacent to an activating group) is 1. The molecule has 0 aromatic heterocycles. The van der Waals surface area contributed by atoms with Crippen molar-refractivity contribution < 1.29 is 4.79 Å². The van der Waals surface area contributed by atoms with Crippen molar-refractivity contribution in [3.8, 4) is 0 Å². The Morgan fingerprint density at radius 3 is 2.35 bits per heavy atom. The number of halogens is 1. The highest BCUT2D eigenvalue weighted by atomic mass is 35.5. The quantitative estimate of drug-likeness (QED) is 0.741. The summed E-state index contributed by atoms with van der Waals surface area (Å²) < 4.78 is 0. The fourth-order valence-electron chi connectivity index (χ4n) is 2.87. The molecule has 0 unspecified atom stereocenters. The molecule has 0 aliphatic carbocycles. The maximum atomic E-state index is 11.9. The fraction of sp³-hybridized carbons (Fsp3) is 0.611. The summed E-state index contributed by atoms with van der Waals surface area (Å²) in [4.78, 5) is 17.0. The predicted molar refractivity (Wildman–Crippen MR) is 96.2 cm³/mol. The average Bonchev–Trinajstić information content (AvgIpc) is 2.59. The van der Waals surface area contributed by atoms with Crippen LogP contribution in [-0.4, -0.2) is 61.5 Å². The minimum atomic E-state index is -0.0163. The van der Waals surface area contributed by atoms with Gasteiger partial charge in [-0.05, 0) is 50.2 Å². The van der Waals surface area contributed by atoms with E-state index >= 15 is 0 Å². The Hall–Kier alpha value is -1.10. The summed E-state index contributed by atoms with van der Waals surface area (Å²) in [6, 6.07) is 7.00. The summed E-state index contributed by atoms with van der Waals surface area (Å²) in [6.07, 6.45) is 3.41. The first-order valence-electron chi connectivity index (χ1n) is 8.67. The zero-order chi connectivity index (χ0) is 16.5. The summed E-state index contributed by atoms with van der Waals surface area (Å²) in [5.74, 6) is -0.0163. The van der Waals surface area contributed by atoms with Gasteiger partial charge in [-0.1, -0.05) is 24.9 Å². The minimum Gasteiger partial charge on any atom is -0.352 e. The van der Waals surface area contributed by atoms with E-state index in [9.17, 15) is 4.79 Å². The Bertz CT molecular complexity index is 470. The molecule has 0 radical (unpaired) electrons. The lowest BCUT2D eigenvalue weighted by molar-refractivity contribution is 0.0952. The van der Waals surface area contributed by atoms with E-state index in [0.29, 0.717) is 10.6 Å². The fourth-order valence-corrected chi connectivity index (χ4v) is 3.00. The van der Waals surface area contributed by atoms with Crippen molar-refractivity contribution in [3.05, 3.63) is 34.9 Å². The molecule has 1 saturated heterocycles. The van der Waals surface area contributed by atoms with Crippen LogP contribution in [0.1, 0.15) is 36.5 Å². The van der Waals surface area contributed by atoms with Crippen molar-refractivity contribution in [1.82, 2.24) is 15.1 Å². The van der Waals surface area contributed by atoms with Crippen molar-refractivity contribution in [1.29, 1.82) is 0 Å². The molecular weight excluding hydrogens is 310 g/mol. The number of carbonyl (C=O) groups is 1. The van der Waals surface area contributed by atoms with E-state index in [0.717, 1.165) is 19.4 Å². The Morgan fingerprint density at radius 2 is 1.70 bits per heavy atom. The molecule has 23 heavy (non-hydrogen) atoms. The molecule has 1 N–H and O–H groups in total. The lowest BCUT2D eigenvalue weighted by atomic mass is 10.2. The normalized spacial score (nSPS) is 16.4. The molecule has 1 aliphatic heterocycles. The number of carbonyl (C=O) groups excluding carboxylic acids is 1. The number of hydrogen-bond donors (Lipinski definition) is 1. The Labute approximate surface area is 144 Å². The van der Waals surface area contributed by atoms with Crippen molar-refractivity contribution in [2.45, 2.75) is 26.2 Å². The minimum absolute atomic E-state index is 0.0163. The topological polar surface area (TPSA) is 35.6 Å². The van der Waals surface area contributed by atoms with Crippen LogP contribution in [0.25, 0.3) is 0 Å². The van der Waals surface area contributed by atoms with Crippen LogP contribution < -0.4 is 5.32 Å². The van der Waals surface area contributed by atoms with Crippen LogP contribution in [0.3, 0.4) is 0 Å². The zero-order valence-corrected chi connectivity index (χ0v) is 14.8. The number of nitrogens with zero attached hydrogens (tertiary/aromatic N) is 2. The molecule has 0 saturated carbocycles. The molecule has 1 aromatic rings. The van der Waals surface area contributed by atoms with Gasteiger partial charge in [0.15, 0.2) is 0 Å². The van der Waals surface area contributed by atoms with E-state index < -0.39 is 0 Å². The van der Waals surface area contributed by atoms with Crippen LogP contribution in [0, 0.1) is 0 Å². The third kappa shape index (κ3) is 6.50. The van der Waals surface area contributed by atoms with E-state index in [-0.39, 0.29) is 5.91 Å². The molecule has 1 heterocycles. The number of rotatable bonds is 8. The third-order valence-electron chi connectivity index (χ3n) is 4.46. The average molecular weight is 338 g/mol. The Balaban J connectivity index is 1.51. The first kappa shape index (κ1) is 18.2. The summed E-state index contributed by atoms with van der Waals surface area (Å²) in [7, 11) is 0. The number of nitrogens with one attached hydrogen (secondary N) is 1. The van der Waals surface area contributed by atoms with Gasteiger partial charge in [0.1, 0.15) is 0 Å². The highest BCUT2D eigenvalue weighted by Crippen LogP contribution is 2.09. The Morgan fingerprint density at radius 1 is 1.04 bits per heavy atom. The van der Waals surface area contributed by atoms with Gasteiger partial charge in [0.25, 0.3) is 5.91 Å². The summed E-state index contributed by atoms with van der Waals surface area (Å²) >= 11 is 5.82. The highest BCUT2D eigenvalue weighted by Gasteiger charge is 2.14. The van der Waals surface area contributed by atoms with Gasteiger partial charge in [-0.15, -0.1) is 0 Å². The van der Waals surface area contributed by atoms with Gasteiger partial charge in [-0.3, -0.25) is 4.79 Å². The van der Waals surface area contributed by atoms with Crippen molar-refractivity contribution in [2.75, 3.05) is 45.8 Å². The van der Waals surface area contributed by atoms with Gasteiger partial charge in [-0.25, -0.2) is 0 Å². The van der Waals surface area contributed by atoms with Crippen LogP contribution in [0.2, 0.25) is 5.02 Å². The summed E-state index contributed by atoms with van der Waals surface area (Å²) in [5.41, 5.74) is 0.670. The molecule has 1 aliphatic rings. The molecule has 2 rings (SSSR count). The summed E-state index contributed by atoms with van der Waals surface area (Å²) in [5, 5.41) is 3.62.